The maximum atomic E-state index is 13.0. The Morgan fingerprint density at radius 2 is 1.64 bits per heavy atom. The standard InChI is InChI=1S/C32H45N5O2/c1-10-24-17-21(2)37(35-24)20-28(38)36-15-12-22(13-16-36)27-11-14-33-30(34-27)23-18-25(31(3,4)5)29(39-9)26(19-23)32(6,7)8/h11,14,17-19,22H,10,12-13,15-16,20H2,1-9H3. The molecule has 1 fully saturated rings. The van der Waals surface area contributed by atoms with E-state index in [1.165, 1.54) is 0 Å². The third kappa shape index (κ3) is 6.34. The Labute approximate surface area is 234 Å². The number of carbonyl (C=O) groups is 1. The molecule has 3 aromatic rings. The van der Waals surface area contributed by atoms with E-state index >= 15 is 0 Å². The van der Waals surface area contributed by atoms with Gasteiger partial charge >= 0.3 is 0 Å². The van der Waals surface area contributed by atoms with Crippen LogP contribution in [-0.4, -0.2) is 50.8 Å². The number of rotatable bonds is 6. The highest BCUT2D eigenvalue weighted by molar-refractivity contribution is 5.76. The number of aryl methyl sites for hydroxylation is 2. The summed E-state index contributed by atoms with van der Waals surface area (Å²) in [6.07, 6.45) is 4.53. The van der Waals surface area contributed by atoms with E-state index in [4.69, 9.17) is 9.72 Å². The molecule has 0 unspecified atom stereocenters. The molecule has 2 aromatic heterocycles. The van der Waals surface area contributed by atoms with E-state index in [1.807, 2.05) is 28.8 Å². The molecule has 0 saturated carbocycles. The van der Waals surface area contributed by atoms with Crippen molar-refractivity contribution in [3.05, 3.63) is 58.7 Å². The zero-order chi connectivity index (χ0) is 28.5. The molecule has 0 aliphatic carbocycles. The normalized spacial score (nSPS) is 15.1. The lowest BCUT2D eigenvalue weighted by molar-refractivity contribution is -0.133. The fourth-order valence-electron chi connectivity index (χ4n) is 5.40. The lowest BCUT2D eigenvalue weighted by Gasteiger charge is -2.32. The Bertz CT molecular complexity index is 1290. The van der Waals surface area contributed by atoms with Gasteiger partial charge in [-0.25, -0.2) is 9.97 Å². The van der Waals surface area contributed by atoms with E-state index in [1.54, 1.807) is 7.11 Å². The van der Waals surface area contributed by atoms with Gasteiger partial charge in [0.1, 0.15) is 12.3 Å². The molecule has 3 heterocycles. The van der Waals surface area contributed by atoms with Crippen LogP contribution >= 0.6 is 0 Å². The Kier molecular flexibility index (Phi) is 8.20. The highest BCUT2D eigenvalue weighted by Crippen LogP contribution is 2.42. The summed E-state index contributed by atoms with van der Waals surface area (Å²) in [5.41, 5.74) is 6.26. The molecule has 1 aliphatic rings. The smallest absolute Gasteiger partial charge is 0.244 e. The van der Waals surface area contributed by atoms with Crippen LogP contribution in [0.5, 0.6) is 5.75 Å². The second kappa shape index (κ2) is 11.1. The molecule has 0 spiro atoms. The monoisotopic (exact) mass is 531 g/mol. The number of hydrogen-bond acceptors (Lipinski definition) is 5. The van der Waals surface area contributed by atoms with Gasteiger partial charge in [-0.05, 0) is 61.3 Å². The van der Waals surface area contributed by atoms with Crippen molar-refractivity contribution in [1.82, 2.24) is 24.6 Å². The van der Waals surface area contributed by atoms with Crippen molar-refractivity contribution >= 4 is 5.91 Å². The molecule has 0 N–H and O–H groups in total. The van der Waals surface area contributed by atoms with Gasteiger partial charge in [0.2, 0.25) is 5.91 Å². The third-order valence-corrected chi connectivity index (χ3v) is 7.79. The van der Waals surface area contributed by atoms with Gasteiger partial charge in [0, 0.05) is 53.3 Å². The Morgan fingerprint density at radius 3 is 2.15 bits per heavy atom. The number of amides is 1. The first-order valence-electron chi connectivity index (χ1n) is 14.2. The molecule has 0 atom stereocenters. The van der Waals surface area contributed by atoms with Gasteiger partial charge in [-0.15, -0.1) is 0 Å². The first-order chi connectivity index (χ1) is 18.3. The minimum atomic E-state index is -0.0921. The van der Waals surface area contributed by atoms with Crippen molar-refractivity contribution in [3.8, 4) is 17.1 Å². The number of ether oxygens (including phenoxy) is 1. The van der Waals surface area contributed by atoms with E-state index < -0.39 is 0 Å². The van der Waals surface area contributed by atoms with Crippen LogP contribution in [0, 0.1) is 6.92 Å². The first-order valence-corrected chi connectivity index (χ1v) is 14.2. The van der Waals surface area contributed by atoms with Crippen LogP contribution in [0.25, 0.3) is 11.4 Å². The fourth-order valence-corrected chi connectivity index (χ4v) is 5.40. The van der Waals surface area contributed by atoms with Gasteiger partial charge in [-0.1, -0.05) is 48.5 Å². The third-order valence-electron chi connectivity index (χ3n) is 7.79. The Morgan fingerprint density at radius 1 is 1.03 bits per heavy atom. The molecule has 1 saturated heterocycles. The number of benzene rings is 1. The van der Waals surface area contributed by atoms with Gasteiger partial charge in [0.05, 0.1) is 12.8 Å². The molecule has 1 aliphatic heterocycles. The van der Waals surface area contributed by atoms with E-state index in [0.29, 0.717) is 12.5 Å². The second-order valence-electron chi connectivity index (χ2n) is 12.9. The molecule has 1 amide bonds. The topological polar surface area (TPSA) is 73.1 Å². The molecule has 210 valence electrons. The number of carbonyl (C=O) groups excluding carboxylic acids is 1. The summed E-state index contributed by atoms with van der Waals surface area (Å²) in [4.78, 5) is 24.7. The second-order valence-corrected chi connectivity index (χ2v) is 12.9. The number of likely N-dealkylation sites (tertiary alicyclic amines) is 1. The zero-order valence-corrected chi connectivity index (χ0v) is 25.3. The average Bonchev–Trinajstić information content (AvgIpc) is 3.26. The van der Waals surface area contributed by atoms with Crippen LogP contribution in [0.3, 0.4) is 0 Å². The lowest BCUT2D eigenvalue weighted by Crippen LogP contribution is -2.40. The van der Waals surface area contributed by atoms with E-state index in [0.717, 1.165) is 77.7 Å². The lowest BCUT2D eigenvalue weighted by atomic mass is 9.78. The van der Waals surface area contributed by atoms with Crippen molar-refractivity contribution in [1.29, 1.82) is 0 Å². The Balaban J connectivity index is 1.54. The van der Waals surface area contributed by atoms with Gasteiger partial charge in [0.25, 0.3) is 0 Å². The predicted molar refractivity (Wildman–Crippen MR) is 156 cm³/mol. The summed E-state index contributed by atoms with van der Waals surface area (Å²) in [6.45, 7) is 19.1. The largest absolute Gasteiger partial charge is 0.496 e. The van der Waals surface area contributed by atoms with Crippen molar-refractivity contribution in [2.24, 2.45) is 0 Å². The summed E-state index contributed by atoms with van der Waals surface area (Å²) >= 11 is 0. The molecular weight excluding hydrogens is 486 g/mol. The molecule has 39 heavy (non-hydrogen) atoms. The van der Waals surface area contributed by atoms with Crippen LogP contribution in [0.15, 0.2) is 30.5 Å². The minimum Gasteiger partial charge on any atom is -0.496 e. The summed E-state index contributed by atoms with van der Waals surface area (Å²) in [5.74, 6) is 2.12. The molecule has 0 radical (unpaired) electrons. The molecule has 7 nitrogen and oxygen atoms in total. The van der Waals surface area contributed by atoms with E-state index in [-0.39, 0.29) is 16.7 Å². The summed E-state index contributed by atoms with van der Waals surface area (Å²) in [7, 11) is 1.76. The zero-order valence-electron chi connectivity index (χ0n) is 25.3. The molecule has 1 aromatic carbocycles. The number of piperidine rings is 1. The average molecular weight is 532 g/mol. The predicted octanol–water partition coefficient (Wildman–Crippen LogP) is 6.22. The van der Waals surface area contributed by atoms with Crippen LogP contribution in [0.1, 0.15) is 95.4 Å². The van der Waals surface area contributed by atoms with Crippen molar-refractivity contribution in [2.75, 3.05) is 20.2 Å². The molecule has 7 heteroatoms. The SMILES string of the molecule is CCc1cc(C)n(CC(=O)N2CCC(c3ccnc(-c4cc(C(C)(C)C)c(OC)c(C(C)(C)C)c4)n3)CC2)n1. The van der Waals surface area contributed by atoms with Crippen LogP contribution in [0.4, 0.5) is 0 Å². The molecular formula is C32H45N5O2. The molecule has 4 rings (SSSR count). The number of aromatic nitrogens is 4. The van der Waals surface area contributed by atoms with Crippen LogP contribution < -0.4 is 4.74 Å². The highest BCUT2D eigenvalue weighted by Gasteiger charge is 2.29. The van der Waals surface area contributed by atoms with Crippen LogP contribution in [-0.2, 0) is 28.6 Å². The van der Waals surface area contributed by atoms with Crippen molar-refractivity contribution in [3.63, 3.8) is 0 Å². The quantitative estimate of drug-likeness (QED) is 0.378. The summed E-state index contributed by atoms with van der Waals surface area (Å²) < 4.78 is 7.77. The number of nitrogens with zero attached hydrogens (tertiary/aromatic N) is 5. The van der Waals surface area contributed by atoms with E-state index in [9.17, 15) is 4.79 Å². The maximum Gasteiger partial charge on any atom is 0.244 e. The first kappa shape index (κ1) is 28.8. The minimum absolute atomic E-state index is 0.0921. The van der Waals surface area contributed by atoms with Crippen molar-refractivity contribution < 1.29 is 9.53 Å². The summed E-state index contributed by atoms with van der Waals surface area (Å²) in [5, 5.41) is 4.56. The van der Waals surface area contributed by atoms with Crippen molar-refractivity contribution in [2.45, 2.75) is 97.9 Å². The fraction of sp³-hybridized carbons (Fsp3) is 0.562. The Hall–Kier alpha value is -3.22. The maximum absolute atomic E-state index is 13.0. The van der Waals surface area contributed by atoms with Gasteiger partial charge in [-0.2, -0.15) is 5.10 Å². The summed E-state index contributed by atoms with van der Waals surface area (Å²) in [6, 6.07) is 8.47. The number of methoxy groups -OCH3 is 1. The van der Waals surface area contributed by atoms with Crippen LogP contribution in [0.2, 0.25) is 0 Å². The molecule has 0 bridgehead atoms. The van der Waals surface area contributed by atoms with Gasteiger partial charge in [0.15, 0.2) is 5.82 Å². The van der Waals surface area contributed by atoms with Gasteiger partial charge < -0.3 is 9.64 Å². The van der Waals surface area contributed by atoms with Gasteiger partial charge in [-0.3, -0.25) is 9.48 Å². The highest BCUT2D eigenvalue weighted by atomic mass is 16.5. The van der Waals surface area contributed by atoms with E-state index in [2.05, 4.69) is 76.7 Å². The number of hydrogen-bond donors (Lipinski definition) is 0.